The smallest absolute Gasteiger partial charge is 0.277 e. The normalized spacial score (nSPS) is 19.1. The molecule has 0 saturated carbocycles. The third kappa shape index (κ3) is 2.97. The lowest BCUT2D eigenvalue weighted by molar-refractivity contribution is -0.125. The number of aryl methyl sites for hydroxylation is 1. The van der Waals surface area contributed by atoms with E-state index in [2.05, 4.69) is 36.7 Å². The van der Waals surface area contributed by atoms with E-state index < -0.39 is 0 Å². The lowest BCUT2D eigenvalue weighted by atomic mass is 9.95. The first-order valence-corrected chi connectivity index (χ1v) is 7.93. The zero-order chi connectivity index (χ0) is 14.9. The molecule has 0 spiro atoms. The molecule has 1 aromatic rings. The summed E-state index contributed by atoms with van der Waals surface area (Å²) in [6, 6.07) is 1.80. The van der Waals surface area contributed by atoms with E-state index in [1.54, 1.807) is 6.07 Å². The summed E-state index contributed by atoms with van der Waals surface area (Å²) in [5, 5.41) is 0. The average Bonchev–Trinajstić information content (AvgIpc) is 2.93. The summed E-state index contributed by atoms with van der Waals surface area (Å²) in [7, 11) is 0. The van der Waals surface area contributed by atoms with E-state index in [-0.39, 0.29) is 17.7 Å². The molecule has 0 aliphatic carbocycles. The minimum Gasteiger partial charge on any atom is -0.342 e. The molecule has 1 aliphatic rings. The minimum absolute atomic E-state index is 0.0472. The summed E-state index contributed by atoms with van der Waals surface area (Å²) in [4.78, 5) is 26.1. The quantitative estimate of drug-likeness (QED) is 0.789. The fourth-order valence-electron chi connectivity index (χ4n) is 2.60. The van der Waals surface area contributed by atoms with Gasteiger partial charge < -0.3 is 4.57 Å². The molecule has 20 heavy (non-hydrogen) atoms. The van der Waals surface area contributed by atoms with Gasteiger partial charge in [-0.05, 0) is 40.3 Å². The molecular formula is C15H21BrN2O2. The van der Waals surface area contributed by atoms with Gasteiger partial charge in [0.05, 0.1) is 0 Å². The van der Waals surface area contributed by atoms with Crippen LogP contribution >= 0.6 is 15.9 Å². The van der Waals surface area contributed by atoms with Crippen LogP contribution in [0.2, 0.25) is 0 Å². The second-order valence-corrected chi connectivity index (χ2v) is 6.67. The number of rotatable bonds is 4. The molecule has 1 saturated heterocycles. The number of aromatic nitrogens is 1. The summed E-state index contributed by atoms with van der Waals surface area (Å²) in [5.41, 5.74) is 0.594. The molecule has 0 aromatic carbocycles. The number of hydrogen-bond donors (Lipinski definition) is 0. The fourth-order valence-corrected chi connectivity index (χ4v) is 3.06. The zero-order valence-electron chi connectivity index (χ0n) is 12.2. The van der Waals surface area contributed by atoms with Gasteiger partial charge in [-0.2, -0.15) is 0 Å². The number of imide groups is 1. The van der Waals surface area contributed by atoms with Gasteiger partial charge in [0, 0.05) is 30.2 Å². The predicted octanol–water partition coefficient (Wildman–Crippen LogP) is 3.31. The molecule has 1 atom stereocenters. The molecule has 1 fully saturated rings. The van der Waals surface area contributed by atoms with Gasteiger partial charge in [-0.15, -0.1) is 0 Å². The largest absolute Gasteiger partial charge is 0.342 e. The van der Waals surface area contributed by atoms with E-state index in [0.29, 0.717) is 24.6 Å². The number of carbonyl (C=O) groups is 2. The molecule has 1 aromatic heterocycles. The molecule has 0 bridgehead atoms. The van der Waals surface area contributed by atoms with Crippen molar-refractivity contribution in [3.8, 4) is 0 Å². The van der Waals surface area contributed by atoms with E-state index in [4.69, 9.17) is 0 Å². The Kier molecular flexibility index (Phi) is 4.68. The summed E-state index contributed by atoms with van der Waals surface area (Å²) >= 11 is 3.40. The number of nitrogens with zero attached hydrogens (tertiary/aromatic N) is 2. The molecule has 2 rings (SSSR count). The van der Waals surface area contributed by atoms with Crippen molar-refractivity contribution in [3.05, 3.63) is 22.4 Å². The summed E-state index contributed by atoms with van der Waals surface area (Å²) in [6.07, 6.45) is 3.33. The van der Waals surface area contributed by atoms with Gasteiger partial charge in [0.15, 0.2) is 0 Å². The van der Waals surface area contributed by atoms with Crippen molar-refractivity contribution in [1.29, 1.82) is 0 Å². The Morgan fingerprint density at radius 1 is 1.50 bits per heavy atom. The topological polar surface area (TPSA) is 42.3 Å². The Balaban J connectivity index is 2.21. The van der Waals surface area contributed by atoms with Crippen LogP contribution in [0, 0.1) is 11.8 Å². The van der Waals surface area contributed by atoms with Gasteiger partial charge in [-0.25, -0.2) is 0 Å². The Bertz CT molecular complexity index is 522. The van der Waals surface area contributed by atoms with Crippen LogP contribution in [0.4, 0.5) is 0 Å². The number of likely N-dealkylation sites (tertiary alicyclic amines) is 1. The van der Waals surface area contributed by atoms with Crippen LogP contribution in [0.15, 0.2) is 16.7 Å². The van der Waals surface area contributed by atoms with Gasteiger partial charge in [-0.1, -0.05) is 20.8 Å². The predicted molar refractivity (Wildman–Crippen MR) is 81.4 cm³/mol. The number of amides is 2. The monoisotopic (exact) mass is 340 g/mol. The maximum absolute atomic E-state index is 12.6. The molecular weight excluding hydrogens is 320 g/mol. The Morgan fingerprint density at radius 3 is 2.75 bits per heavy atom. The van der Waals surface area contributed by atoms with Crippen molar-refractivity contribution < 1.29 is 9.59 Å². The van der Waals surface area contributed by atoms with E-state index in [0.717, 1.165) is 17.4 Å². The maximum atomic E-state index is 12.6. The van der Waals surface area contributed by atoms with Crippen LogP contribution in [0.1, 0.15) is 44.1 Å². The van der Waals surface area contributed by atoms with Crippen LogP contribution < -0.4 is 0 Å². The minimum atomic E-state index is -0.169. The Morgan fingerprint density at radius 2 is 2.20 bits per heavy atom. The average molecular weight is 341 g/mol. The first-order chi connectivity index (χ1) is 9.43. The molecule has 1 aliphatic heterocycles. The molecule has 5 heteroatoms. The summed E-state index contributed by atoms with van der Waals surface area (Å²) in [5.74, 6) is 0.488. The SMILES string of the molecule is CCCn1cc(Br)cc1C(=O)N1CC(C(C)C)CC1=O. The van der Waals surface area contributed by atoms with E-state index in [1.165, 1.54) is 4.90 Å². The molecule has 2 amide bonds. The third-order valence-electron chi connectivity index (χ3n) is 3.89. The van der Waals surface area contributed by atoms with E-state index >= 15 is 0 Å². The van der Waals surface area contributed by atoms with Crippen LogP contribution in [0.3, 0.4) is 0 Å². The van der Waals surface area contributed by atoms with Crippen LogP contribution in [0.5, 0.6) is 0 Å². The van der Waals surface area contributed by atoms with Crippen molar-refractivity contribution in [2.75, 3.05) is 6.54 Å². The van der Waals surface area contributed by atoms with Crippen molar-refractivity contribution >= 4 is 27.7 Å². The zero-order valence-corrected chi connectivity index (χ0v) is 13.8. The molecule has 4 nitrogen and oxygen atoms in total. The highest BCUT2D eigenvalue weighted by molar-refractivity contribution is 9.10. The Labute approximate surface area is 128 Å². The molecule has 2 heterocycles. The number of carbonyl (C=O) groups excluding carboxylic acids is 2. The highest BCUT2D eigenvalue weighted by atomic mass is 79.9. The van der Waals surface area contributed by atoms with Crippen molar-refractivity contribution in [2.24, 2.45) is 11.8 Å². The molecule has 110 valence electrons. The second-order valence-electron chi connectivity index (χ2n) is 5.75. The number of halogens is 1. The maximum Gasteiger partial charge on any atom is 0.277 e. The van der Waals surface area contributed by atoms with E-state index in [1.807, 2.05) is 10.8 Å². The first-order valence-electron chi connectivity index (χ1n) is 7.14. The standard InChI is InChI=1S/C15H21BrN2O2/c1-4-5-17-9-12(16)7-13(17)15(20)18-8-11(10(2)3)6-14(18)19/h7,9-11H,4-6,8H2,1-3H3. The van der Waals surface area contributed by atoms with E-state index in [9.17, 15) is 9.59 Å². The summed E-state index contributed by atoms with van der Waals surface area (Å²) in [6.45, 7) is 7.59. The third-order valence-corrected chi connectivity index (χ3v) is 4.32. The van der Waals surface area contributed by atoms with Gasteiger partial charge in [0.1, 0.15) is 5.69 Å². The molecule has 0 N–H and O–H groups in total. The highest BCUT2D eigenvalue weighted by Gasteiger charge is 2.36. The van der Waals surface area contributed by atoms with Gasteiger partial charge in [0.2, 0.25) is 5.91 Å². The fraction of sp³-hybridized carbons (Fsp3) is 0.600. The number of hydrogen-bond acceptors (Lipinski definition) is 2. The molecule has 1 unspecified atom stereocenters. The van der Waals surface area contributed by atoms with Gasteiger partial charge in [0.25, 0.3) is 5.91 Å². The van der Waals surface area contributed by atoms with Crippen molar-refractivity contribution in [2.45, 2.75) is 40.2 Å². The van der Waals surface area contributed by atoms with Crippen LogP contribution in [0.25, 0.3) is 0 Å². The lowest BCUT2D eigenvalue weighted by Crippen LogP contribution is -2.34. The Hall–Kier alpha value is -1.10. The lowest BCUT2D eigenvalue weighted by Gasteiger charge is -2.17. The van der Waals surface area contributed by atoms with Crippen LogP contribution in [-0.4, -0.2) is 27.8 Å². The van der Waals surface area contributed by atoms with Gasteiger partial charge in [-0.3, -0.25) is 14.5 Å². The van der Waals surface area contributed by atoms with Gasteiger partial charge >= 0.3 is 0 Å². The first kappa shape index (κ1) is 15.3. The second kappa shape index (κ2) is 6.12. The van der Waals surface area contributed by atoms with Crippen molar-refractivity contribution in [3.63, 3.8) is 0 Å². The van der Waals surface area contributed by atoms with Crippen LogP contribution in [-0.2, 0) is 11.3 Å². The van der Waals surface area contributed by atoms with Crippen molar-refractivity contribution in [1.82, 2.24) is 9.47 Å². The molecule has 0 radical (unpaired) electrons. The highest BCUT2D eigenvalue weighted by Crippen LogP contribution is 2.27. The summed E-state index contributed by atoms with van der Waals surface area (Å²) < 4.78 is 2.80.